The molecule has 3 aromatic rings. The number of carbonyl (C=O) groups is 3. The summed E-state index contributed by atoms with van der Waals surface area (Å²) < 4.78 is 15.4. The highest BCUT2D eigenvalue weighted by Gasteiger charge is 2.26. The fourth-order valence-corrected chi connectivity index (χ4v) is 11.0. The van der Waals surface area contributed by atoms with Crippen molar-refractivity contribution in [2.24, 2.45) is 0 Å². The van der Waals surface area contributed by atoms with Gasteiger partial charge in [-0.05, 0) is 107 Å². The molecule has 0 aliphatic heterocycles. The zero-order valence-corrected chi connectivity index (χ0v) is 21.9. The van der Waals surface area contributed by atoms with Crippen LogP contribution in [0.15, 0.2) is 72.8 Å². The summed E-state index contributed by atoms with van der Waals surface area (Å²) in [6.07, 6.45) is 0. The Balaban J connectivity index is 1.77. The first-order chi connectivity index (χ1) is 16.4. The Kier molecular flexibility index (Phi) is 9.89. The monoisotopic (exact) mass is 532 g/mol. The Morgan fingerprint density at radius 2 is 0.735 bits per heavy atom. The smallest absolute Gasteiger partial charge is 0.225 e. The van der Waals surface area contributed by atoms with Crippen molar-refractivity contribution in [1.82, 2.24) is 0 Å². The van der Waals surface area contributed by atoms with Gasteiger partial charge in [-0.2, -0.15) is 0 Å². The summed E-state index contributed by atoms with van der Waals surface area (Å²) in [5, 5.41) is -0.670. The number of hydrogen-bond donors (Lipinski definition) is 0. The summed E-state index contributed by atoms with van der Waals surface area (Å²) in [7, 11) is 4.65. The second-order valence-corrected chi connectivity index (χ2v) is 15.7. The van der Waals surface area contributed by atoms with Crippen LogP contribution < -0.4 is 14.2 Å². The normalized spacial score (nSPS) is 10.6. The van der Waals surface area contributed by atoms with E-state index in [1.807, 2.05) is 0 Å². The average molecular weight is 533 g/mol. The third-order valence-electron chi connectivity index (χ3n) is 4.45. The lowest BCUT2D eigenvalue weighted by atomic mass is 10.2. The van der Waals surface area contributed by atoms with Gasteiger partial charge in [-0.3, -0.25) is 14.4 Å². The SMILES string of the molecule is COc1ccc(C(=O)SP(SC(=O)c2ccc(OC)cc2)SC(=O)c2ccc(OC)cc2)cc1. The first-order valence-electron chi connectivity index (χ1n) is 9.82. The average Bonchev–Trinajstić information content (AvgIpc) is 2.88. The molecular weight excluding hydrogens is 511 g/mol. The van der Waals surface area contributed by atoms with E-state index in [0.29, 0.717) is 33.9 Å². The molecule has 0 aliphatic carbocycles. The second-order valence-electron chi connectivity index (χ2n) is 6.55. The molecule has 0 heterocycles. The van der Waals surface area contributed by atoms with Crippen molar-refractivity contribution < 1.29 is 28.6 Å². The van der Waals surface area contributed by atoms with Gasteiger partial charge in [-0.25, -0.2) is 0 Å². The first-order valence-corrected chi connectivity index (χ1v) is 15.4. The summed E-state index contributed by atoms with van der Waals surface area (Å²) in [6.45, 7) is 0. The molecule has 0 N–H and O–H groups in total. The van der Waals surface area contributed by atoms with Crippen molar-refractivity contribution >= 4 is 55.0 Å². The van der Waals surface area contributed by atoms with Crippen LogP contribution in [0.5, 0.6) is 17.2 Å². The van der Waals surface area contributed by atoms with Crippen LogP contribution in [0.4, 0.5) is 0 Å². The number of methoxy groups -OCH3 is 3. The molecule has 176 valence electrons. The quantitative estimate of drug-likeness (QED) is 0.272. The minimum atomic E-state index is -1.48. The second kappa shape index (κ2) is 12.9. The molecule has 6 nitrogen and oxygen atoms in total. The molecule has 0 aromatic heterocycles. The van der Waals surface area contributed by atoms with Gasteiger partial charge in [0.15, 0.2) is 0 Å². The molecule has 0 saturated heterocycles. The van der Waals surface area contributed by atoms with Crippen molar-refractivity contribution in [3.05, 3.63) is 89.5 Å². The molecule has 0 aliphatic rings. The van der Waals surface area contributed by atoms with Crippen molar-refractivity contribution in [2.45, 2.75) is 0 Å². The van der Waals surface area contributed by atoms with E-state index >= 15 is 0 Å². The van der Waals surface area contributed by atoms with Crippen LogP contribution in [0.3, 0.4) is 0 Å². The van der Waals surface area contributed by atoms with Gasteiger partial charge in [0, 0.05) is 16.7 Å². The van der Waals surface area contributed by atoms with E-state index in [9.17, 15) is 14.4 Å². The minimum Gasteiger partial charge on any atom is -0.497 e. The topological polar surface area (TPSA) is 78.9 Å². The summed E-state index contributed by atoms with van der Waals surface area (Å²) in [5.74, 6) is 1.91. The van der Waals surface area contributed by atoms with E-state index in [0.717, 1.165) is 34.1 Å². The highest BCUT2D eigenvalue weighted by atomic mass is 33.4. The molecule has 3 rings (SSSR count). The molecule has 0 radical (unpaired) electrons. The fraction of sp³-hybridized carbons (Fsp3) is 0.125. The van der Waals surface area contributed by atoms with Crippen molar-refractivity contribution in [2.75, 3.05) is 21.3 Å². The lowest BCUT2D eigenvalue weighted by Gasteiger charge is -2.13. The molecule has 0 saturated carbocycles. The van der Waals surface area contributed by atoms with Gasteiger partial charge in [0.25, 0.3) is 0 Å². The number of hydrogen-bond acceptors (Lipinski definition) is 9. The molecule has 10 heteroatoms. The number of ether oxygens (including phenoxy) is 3. The molecule has 3 aromatic carbocycles. The summed E-state index contributed by atoms with van der Waals surface area (Å²) in [4.78, 5) is 38.7. The Morgan fingerprint density at radius 1 is 0.500 bits per heavy atom. The van der Waals surface area contributed by atoms with Crippen molar-refractivity contribution in [3.63, 3.8) is 0 Å². The molecule has 0 bridgehead atoms. The molecule has 34 heavy (non-hydrogen) atoms. The van der Waals surface area contributed by atoms with Gasteiger partial charge < -0.3 is 14.2 Å². The maximum absolute atomic E-state index is 12.9. The Morgan fingerprint density at radius 3 is 0.941 bits per heavy atom. The lowest BCUT2D eigenvalue weighted by molar-refractivity contribution is 0.108. The van der Waals surface area contributed by atoms with Gasteiger partial charge in [-0.1, -0.05) is 0 Å². The minimum absolute atomic E-state index is 0.223. The maximum atomic E-state index is 12.9. The molecule has 0 unspecified atom stereocenters. The van der Waals surface area contributed by atoms with E-state index in [4.69, 9.17) is 14.2 Å². The predicted molar refractivity (Wildman–Crippen MR) is 142 cm³/mol. The maximum Gasteiger partial charge on any atom is 0.225 e. The molecule has 0 atom stereocenters. The van der Waals surface area contributed by atoms with Crippen LogP contribution in [0.1, 0.15) is 31.1 Å². The lowest BCUT2D eigenvalue weighted by Crippen LogP contribution is -1.96. The van der Waals surface area contributed by atoms with E-state index in [1.54, 1.807) is 94.1 Å². The van der Waals surface area contributed by atoms with E-state index in [1.165, 1.54) is 0 Å². The van der Waals surface area contributed by atoms with Gasteiger partial charge >= 0.3 is 0 Å². The van der Waals surface area contributed by atoms with Crippen LogP contribution in [0, 0.1) is 0 Å². The van der Waals surface area contributed by atoms with Crippen LogP contribution in [-0.4, -0.2) is 36.7 Å². The van der Waals surface area contributed by atoms with Crippen LogP contribution in [0.25, 0.3) is 0 Å². The third kappa shape index (κ3) is 7.27. The standard InChI is InChI=1S/C24H21O6PS3/c1-28-19-10-4-16(5-11-19)22(25)32-31(33-23(26)17-6-12-20(29-2)13-7-17)34-24(27)18-8-14-21(30-3)15-9-18/h4-15H,1-3H3. The molecule has 0 amide bonds. The number of carbonyl (C=O) groups excluding carboxylic acids is 3. The van der Waals surface area contributed by atoms with Gasteiger partial charge in [0.05, 0.1) is 26.9 Å². The summed E-state index contributed by atoms with van der Waals surface area (Å²) in [6, 6.07) is 20.1. The molecule has 0 fully saturated rings. The molecule has 0 spiro atoms. The van der Waals surface area contributed by atoms with E-state index in [2.05, 4.69) is 0 Å². The zero-order valence-electron chi connectivity index (χ0n) is 18.5. The van der Waals surface area contributed by atoms with Crippen LogP contribution in [-0.2, 0) is 0 Å². The Labute approximate surface area is 211 Å². The number of rotatable bonds is 9. The largest absolute Gasteiger partial charge is 0.497 e. The predicted octanol–water partition coefficient (Wildman–Crippen LogP) is 6.96. The molecular formula is C24H21O6PS3. The Bertz CT molecular complexity index is 989. The van der Waals surface area contributed by atoms with Crippen LogP contribution >= 0.6 is 39.7 Å². The van der Waals surface area contributed by atoms with Crippen LogP contribution in [0.2, 0.25) is 0 Å². The van der Waals surface area contributed by atoms with Gasteiger partial charge in [0.2, 0.25) is 15.3 Å². The summed E-state index contributed by atoms with van der Waals surface area (Å²) in [5.41, 5.74) is -0.0779. The van der Waals surface area contributed by atoms with Crippen molar-refractivity contribution in [3.8, 4) is 17.2 Å². The van der Waals surface area contributed by atoms with Gasteiger partial charge in [0.1, 0.15) is 17.2 Å². The van der Waals surface area contributed by atoms with E-state index < -0.39 is 5.53 Å². The fourth-order valence-electron chi connectivity index (χ4n) is 2.60. The first kappa shape index (κ1) is 26.2. The van der Waals surface area contributed by atoms with Gasteiger partial charge in [-0.15, -0.1) is 0 Å². The van der Waals surface area contributed by atoms with E-state index in [-0.39, 0.29) is 15.3 Å². The highest BCUT2D eigenvalue weighted by molar-refractivity contribution is 9.18. The number of benzene rings is 3. The third-order valence-corrected chi connectivity index (χ3v) is 13.0. The summed E-state index contributed by atoms with van der Waals surface area (Å²) >= 11 is 2.98. The zero-order chi connectivity index (χ0) is 24.5. The highest BCUT2D eigenvalue weighted by Crippen LogP contribution is 2.72. The van der Waals surface area contributed by atoms with Crippen molar-refractivity contribution in [1.29, 1.82) is 0 Å². The Hall–Kier alpha value is -2.45.